The van der Waals surface area contributed by atoms with Crippen LogP contribution in [0.5, 0.6) is 0 Å². The zero-order chi connectivity index (χ0) is 14.5. The monoisotopic (exact) mass is 280 g/mol. The Bertz CT molecular complexity index is 682. The molecule has 1 atom stereocenters. The topological polar surface area (TPSA) is 63.8 Å². The average molecular weight is 280 g/mol. The Kier molecular flexibility index (Phi) is 4.02. The third kappa shape index (κ3) is 2.98. The lowest BCUT2D eigenvalue weighted by Gasteiger charge is -2.13. The summed E-state index contributed by atoms with van der Waals surface area (Å²) >= 11 is 0. The van der Waals surface area contributed by atoms with Crippen LogP contribution in [-0.2, 0) is 0 Å². The van der Waals surface area contributed by atoms with Crippen molar-refractivity contribution >= 4 is 0 Å². The highest BCUT2D eigenvalue weighted by atomic mass is 16.4. The molecule has 0 amide bonds. The quantitative estimate of drug-likeness (QED) is 0.778. The van der Waals surface area contributed by atoms with E-state index in [1.165, 1.54) is 0 Å². The fraction of sp³-hybridized carbons (Fsp3) is 0.188. The van der Waals surface area contributed by atoms with Gasteiger partial charge in [0.1, 0.15) is 6.04 Å². The minimum absolute atomic E-state index is 0.103. The lowest BCUT2D eigenvalue weighted by atomic mass is 10.1. The SMILES string of the molecule is CCNC(c1ccccc1)c1nnc(-c2cccnc2)o1. The van der Waals surface area contributed by atoms with Gasteiger partial charge in [0.05, 0.1) is 5.56 Å². The zero-order valence-electron chi connectivity index (χ0n) is 11.7. The van der Waals surface area contributed by atoms with Crippen molar-refractivity contribution < 1.29 is 4.42 Å². The zero-order valence-corrected chi connectivity index (χ0v) is 11.7. The maximum absolute atomic E-state index is 5.81. The molecular formula is C16H16N4O. The molecule has 5 nitrogen and oxygen atoms in total. The van der Waals surface area contributed by atoms with Crippen molar-refractivity contribution in [3.05, 3.63) is 66.3 Å². The molecule has 21 heavy (non-hydrogen) atoms. The lowest BCUT2D eigenvalue weighted by molar-refractivity contribution is 0.444. The van der Waals surface area contributed by atoms with Crippen LogP contribution in [0.2, 0.25) is 0 Å². The van der Waals surface area contributed by atoms with Gasteiger partial charge in [0.25, 0.3) is 0 Å². The van der Waals surface area contributed by atoms with Crippen LogP contribution in [0.1, 0.15) is 24.4 Å². The molecule has 0 fully saturated rings. The molecule has 2 aromatic heterocycles. The maximum atomic E-state index is 5.81. The highest BCUT2D eigenvalue weighted by Crippen LogP contribution is 2.24. The van der Waals surface area contributed by atoms with Gasteiger partial charge in [0.2, 0.25) is 11.8 Å². The second-order valence-corrected chi connectivity index (χ2v) is 4.59. The van der Waals surface area contributed by atoms with Gasteiger partial charge in [-0.3, -0.25) is 4.98 Å². The summed E-state index contributed by atoms with van der Waals surface area (Å²) in [6.45, 7) is 2.86. The van der Waals surface area contributed by atoms with Crippen molar-refractivity contribution in [3.8, 4) is 11.5 Å². The van der Waals surface area contributed by atoms with Crippen LogP contribution in [0.25, 0.3) is 11.5 Å². The van der Waals surface area contributed by atoms with Crippen molar-refractivity contribution in [1.82, 2.24) is 20.5 Å². The molecule has 0 aliphatic carbocycles. The van der Waals surface area contributed by atoms with E-state index in [1.807, 2.05) is 49.4 Å². The molecule has 0 spiro atoms. The first kappa shape index (κ1) is 13.5. The Labute approximate surface area is 123 Å². The van der Waals surface area contributed by atoms with E-state index in [1.54, 1.807) is 12.4 Å². The van der Waals surface area contributed by atoms with E-state index < -0.39 is 0 Å². The summed E-state index contributed by atoms with van der Waals surface area (Å²) in [6.07, 6.45) is 3.42. The smallest absolute Gasteiger partial charge is 0.249 e. The van der Waals surface area contributed by atoms with E-state index in [0.717, 1.165) is 17.7 Å². The Morgan fingerprint density at radius 3 is 2.67 bits per heavy atom. The summed E-state index contributed by atoms with van der Waals surface area (Å²) in [5.41, 5.74) is 1.92. The highest BCUT2D eigenvalue weighted by molar-refractivity contribution is 5.50. The number of benzene rings is 1. The minimum atomic E-state index is -0.103. The Morgan fingerprint density at radius 2 is 1.95 bits per heavy atom. The van der Waals surface area contributed by atoms with Crippen LogP contribution >= 0.6 is 0 Å². The van der Waals surface area contributed by atoms with E-state index in [4.69, 9.17) is 4.42 Å². The maximum Gasteiger partial charge on any atom is 0.249 e. The molecule has 0 radical (unpaired) electrons. The van der Waals surface area contributed by atoms with Crippen LogP contribution in [0.4, 0.5) is 0 Å². The standard InChI is InChI=1S/C16H16N4O/c1-2-18-14(12-7-4-3-5-8-12)16-20-19-15(21-16)13-9-6-10-17-11-13/h3-11,14,18H,2H2,1H3. The first-order chi connectivity index (χ1) is 10.4. The molecule has 3 rings (SSSR count). The van der Waals surface area contributed by atoms with Gasteiger partial charge in [-0.05, 0) is 24.2 Å². The molecule has 106 valence electrons. The molecule has 5 heteroatoms. The highest BCUT2D eigenvalue weighted by Gasteiger charge is 2.20. The van der Waals surface area contributed by atoms with Gasteiger partial charge in [0, 0.05) is 12.4 Å². The molecule has 0 aliphatic heterocycles. The summed E-state index contributed by atoms with van der Waals surface area (Å²) < 4.78 is 5.81. The molecule has 1 N–H and O–H groups in total. The molecular weight excluding hydrogens is 264 g/mol. The molecule has 3 aromatic rings. The van der Waals surface area contributed by atoms with E-state index in [9.17, 15) is 0 Å². The predicted molar refractivity (Wildman–Crippen MR) is 79.5 cm³/mol. The van der Waals surface area contributed by atoms with Crippen molar-refractivity contribution in [2.24, 2.45) is 0 Å². The first-order valence-corrected chi connectivity index (χ1v) is 6.90. The fourth-order valence-electron chi connectivity index (χ4n) is 2.15. The van der Waals surface area contributed by atoms with Crippen LogP contribution in [-0.4, -0.2) is 21.7 Å². The molecule has 1 unspecified atom stereocenters. The van der Waals surface area contributed by atoms with Crippen molar-refractivity contribution in [2.45, 2.75) is 13.0 Å². The molecule has 0 saturated heterocycles. The molecule has 0 saturated carbocycles. The second kappa shape index (κ2) is 6.28. The van der Waals surface area contributed by atoms with E-state index in [2.05, 4.69) is 20.5 Å². The van der Waals surface area contributed by atoms with E-state index in [-0.39, 0.29) is 6.04 Å². The fourth-order valence-corrected chi connectivity index (χ4v) is 2.15. The lowest BCUT2D eigenvalue weighted by Crippen LogP contribution is -2.22. The molecule has 2 heterocycles. The van der Waals surface area contributed by atoms with Gasteiger partial charge in [-0.15, -0.1) is 10.2 Å². The van der Waals surface area contributed by atoms with Crippen LogP contribution in [0, 0.1) is 0 Å². The number of nitrogens with zero attached hydrogens (tertiary/aromatic N) is 3. The largest absolute Gasteiger partial charge is 0.419 e. The van der Waals surface area contributed by atoms with Gasteiger partial charge < -0.3 is 9.73 Å². The van der Waals surface area contributed by atoms with E-state index >= 15 is 0 Å². The van der Waals surface area contributed by atoms with Crippen molar-refractivity contribution in [1.29, 1.82) is 0 Å². The molecule has 0 bridgehead atoms. The minimum Gasteiger partial charge on any atom is -0.419 e. The van der Waals surface area contributed by atoms with Crippen molar-refractivity contribution in [3.63, 3.8) is 0 Å². The van der Waals surface area contributed by atoms with Gasteiger partial charge in [-0.25, -0.2) is 0 Å². The third-order valence-corrected chi connectivity index (χ3v) is 3.14. The Hall–Kier alpha value is -2.53. The number of pyridine rings is 1. The molecule has 0 aliphatic rings. The summed E-state index contributed by atoms with van der Waals surface area (Å²) in [5, 5.41) is 11.7. The number of hydrogen-bond donors (Lipinski definition) is 1. The Balaban J connectivity index is 1.93. The van der Waals surface area contributed by atoms with Crippen LogP contribution in [0.3, 0.4) is 0 Å². The predicted octanol–water partition coefficient (Wildman–Crippen LogP) is 2.83. The first-order valence-electron chi connectivity index (χ1n) is 6.90. The van der Waals surface area contributed by atoms with Gasteiger partial charge >= 0.3 is 0 Å². The van der Waals surface area contributed by atoms with Gasteiger partial charge in [0.15, 0.2) is 0 Å². The number of aromatic nitrogens is 3. The second-order valence-electron chi connectivity index (χ2n) is 4.59. The van der Waals surface area contributed by atoms with Crippen molar-refractivity contribution in [2.75, 3.05) is 6.54 Å². The van der Waals surface area contributed by atoms with E-state index in [0.29, 0.717) is 11.8 Å². The average Bonchev–Trinajstić information content (AvgIpc) is 3.04. The number of hydrogen-bond acceptors (Lipinski definition) is 5. The Morgan fingerprint density at radius 1 is 1.10 bits per heavy atom. The summed E-state index contributed by atoms with van der Waals surface area (Å²) in [5.74, 6) is 1.04. The summed E-state index contributed by atoms with van der Waals surface area (Å²) in [6, 6.07) is 13.7. The summed E-state index contributed by atoms with van der Waals surface area (Å²) in [4.78, 5) is 4.07. The molecule has 1 aromatic carbocycles. The normalized spacial score (nSPS) is 12.2. The van der Waals surface area contributed by atoms with Crippen LogP contribution < -0.4 is 5.32 Å². The number of nitrogens with one attached hydrogen (secondary N) is 1. The third-order valence-electron chi connectivity index (χ3n) is 3.14. The van der Waals surface area contributed by atoms with Gasteiger partial charge in [-0.2, -0.15) is 0 Å². The summed E-state index contributed by atoms with van der Waals surface area (Å²) in [7, 11) is 0. The van der Waals surface area contributed by atoms with Crippen LogP contribution in [0.15, 0.2) is 59.3 Å². The van der Waals surface area contributed by atoms with Gasteiger partial charge in [-0.1, -0.05) is 37.3 Å². The number of rotatable bonds is 5.